The summed E-state index contributed by atoms with van der Waals surface area (Å²) in [6.45, 7) is 2.74. The minimum absolute atomic E-state index is 0.106. The molecule has 24 heavy (non-hydrogen) atoms. The van der Waals surface area contributed by atoms with E-state index in [2.05, 4.69) is 0 Å². The Labute approximate surface area is 138 Å². The van der Waals surface area contributed by atoms with Gasteiger partial charge in [-0.05, 0) is 36.3 Å². The number of aliphatic hydroxyl groups is 2. The zero-order chi connectivity index (χ0) is 17.9. The molecule has 2 aromatic carbocycles. The third kappa shape index (κ3) is 3.55. The zero-order valence-corrected chi connectivity index (χ0v) is 13.3. The molecule has 0 radical (unpaired) electrons. The molecule has 0 spiro atoms. The van der Waals surface area contributed by atoms with Gasteiger partial charge >= 0.3 is 11.9 Å². The minimum atomic E-state index is -1.35. The Morgan fingerprint density at radius 1 is 1.08 bits per heavy atom. The van der Waals surface area contributed by atoms with Crippen LogP contribution in [0, 0.1) is 0 Å². The Bertz CT molecular complexity index is 817. The standard InChI is InChI=1S/C18H18O6/c1-10(2)16(20)14(19)9-24-18(23)13-8-7-11-5-3-4-6-12(11)15(13)17(21)22/h3-8,14,19-20H,9H2,1-2H3,(H,21,22). The second-order valence-electron chi connectivity index (χ2n) is 5.51. The molecular formula is C18H18O6. The van der Waals surface area contributed by atoms with Crippen LogP contribution in [0.5, 0.6) is 0 Å². The first-order valence-electron chi connectivity index (χ1n) is 7.29. The molecule has 2 aromatic rings. The number of hydrogen-bond donors (Lipinski definition) is 3. The smallest absolute Gasteiger partial charge is 0.339 e. The number of esters is 1. The van der Waals surface area contributed by atoms with E-state index >= 15 is 0 Å². The Kier molecular flexibility index (Phi) is 5.21. The topological polar surface area (TPSA) is 104 Å². The Balaban J connectivity index is 2.32. The van der Waals surface area contributed by atoms with Crippen molar-refractivity contribution in [2.24, 2.45) is 0 Å². The first kappa shape index (κ1) is 17.5. The number of fused-ring (bicyclic) bond motifs is 1. The van der Waals surface area contributed by atoms with Crippen molar-refractivity contribution in [1.82, 2.24) is 0 Å². The van der Waals surface area contributed by atoms with Crippen LogP contribution in [0.4, 0.5) is 0 Å². The van der Waals surface area contributed by atoms with Crippen molar-refractivity contribution in [3.05, 3.63) is 58.9 Å². The molecule has 0 aliphatic rings. The maximum atomic E-state index is 12.2. The Hall–Kier alpha value is -2.86. The number of rotatable bonds is 5. The molecule has 0 bridgehead atoms. The summed E-state index contributed by atoms with van der Waals surface area (Å²) in [4.78, 5) is 23.8. The molecule has 3 N–H and O–H groups in total. The molecular weight excluding hydrogens is 312 g/mol. The van der Waals surface area contributed by atoms with E-state index in [4.69, 9.17) is 4.74 Å². The number of aliphatic hydroxyl groups excluding tert-OH is 2. The van der Waals surface area contributed by atoms with Crippen LogP contribution in [-0.4, -0.2) is 40.0 Å². The summed E-state index contributed by atoms with van der Waals surface area (Å²) < 4.78 is 4.95. The summed E-state index contributed by atoms with van der Waals surface area (Å²) in [6.07, 6.45) is -1.35. The third-order valence-corrected chi connectivity index (χ3v) is 3.56. The van der Waals surface area contributed by atoms with E-state index in [1.807, 2.05) is 0 Å². The van der Waals surface area contributed by atoms with Crippen molar-refractivity contribution in [2.75, 3.05) is 6.61 Å². The highest BCUT2D eigenvalue weighted by Gasteiger charge is 2.22. The highest BCUT2D eigenvalue weighted by atomic mass is 16.5. The molecule has 2 rings (SSSR count). The van der Waals surface area contributed by atoms with Gasteiger partial charge in [-0.2, -0.15) is 0 Å². The summed E-state index contributed by atoms with van der Waals surface area (Å²) in [5.74, 6) is -2.40. The van der Waals surface area contributed by atoms with Crippen molar-refractivity contribution >= 4 is 22.7 Å². The van der Waals surface area contributed by atoms with E-state index in [0.29, 0.717) is 16.3 Å². The maximum absolute atomic E-state index is 12.2. The quantitative estimate of drug-likeness (QED) is 0.575. The Morgan fingerprint density at radius 3 is 2.38 bits per heavy atom. The number of allylic oxidation sites excluding steroid dienone is 1. The minimum Gasteiger partial charge on any atom is -0.509 e. The first-order valence-corrected chi connectivity index (χ1v) is 7.29. The summed E-state index contributed by atoms with van der Waals surface area (Å²) in [5.41, 5.74) is 0.236. The van der Waals surface area contributed by atoms with Gasteiger partial charge in [0.1, 0.15) is 18.5 Å². The lowest BCUT2D eigenvalue weighted by atomic mass is 9.99. The first-order chi connectivity index (χ1) is 11.3. The van der Waals surface area contributed by atoms with Crippen molar-refractivity contribution in [2.45, 2.75) is 20.0 Å². The van der Waals surface area contributed by atoms with Crippen LogP contribution in [0.1, 0.15) is 34.6 Å². The predicted octanol–water partition coefficient (Wildman–Crippen LogP) is 2.91. The number of benzene rings is 2. The highest BCUT2D eigenvalue weighted by molar-refractivity contribution is 6.12. The number of aromatic carboxylic acids is 1. The van der Waals surface area contributed by atoms with Gasteiger partial charge in [0.25, 0.3) is 0 Å². The number of hydrogen-bond acceptors (Lipinski definition) is 5. The summed E-state index contributed by atoms with van der Waals surface area (Å²) >= 11 is 0. The number of ether oxygens (including phenoxy) is 1. The van der Waals surface area contributed by atoms with Gasteiger partial charge in [0.05, 0.1) is 11.1 Å². The van der Waals surface area contributed by atoms with E-state index in [0.717, 1.165) is 0 Å². The largest absolute Gasteiger partial charge is 0.509 e. The second-order valence-corrected chi connectivity index (χ2v) is 5.51. The fourth-order valence-corrected chi connectivity index (χ4v) is 2.32. The van der Waals surface area contributed by atoms with Crippen molar-refractivity contribution in [3.8, 4) is 0 Å². The van der Waals surface area contributed by atoms with Crippen LogP contribution in [0.25, 0.3) is 10.8 Å². The summed E-state index contributed by atoms with van der Waals surface area (Å²) in [5, 5.41) is 29.9. The fraction of sp³-hybridized carbons (Fsp3) is 0.222. The van der Waals surface area contributed by atoms with E-state index < -0.39 is 24.6 Å². The maximum Gasteiger partial charge on any atom is 0.339 e. The molecule has 0 amide bonds. The Morgan fingerprint density at radius 2 is 1.75 bits per heavy atom. The van der Waals surface area contributed by atoms with Crippen molar-refractivity contribution in [1.29, 1.82) is 0 Å². The van der Waals surface area contributed by atoms with E-state index in [1.54, 1.807) is 44.2 Å². The van der Waals surface area contributed by atoms with Gasteiger partial charge in [0.2, 0.25) is 0 Å². The molecule has 0 aliphatic heterocycles. The molecule has 0 fully saturated rings. The SMILES string of the molecule is CC(C)=C(O)C(O)COC(=O)c1ccc2ccccc2c1C(=O)O. The van der Waals surface area contributed by atoms with Crippen molar-refractivity contribution in [3.63, 3.8) is 0 Å². The molecule has 126 valence electrons. The highest BCUT2D eigenvalue weighted by Crippen LogP contribution is 2.23. The van der Waals surface area contributed by atoms with Crippen LogP contribution in [0.15, 0.2) is 47.7 Å². The molecule has 6 nitrogen and oxygen atoms in total. The number of carboxylic acids is 1. The van der Waals surface area contributed by atoms with Crippen LogP contribution in [0.2, 0.25) is 0 Å². The van der Waals surface area contributed by atoms with E-state index in [9.17, 15) is 24.9 Å². The lowest BCUT2D eigenvalue weighted by Gasteiger charge is -2.13. The molecule has 0 saturated carbocycles. The van der Waals surface area contributed by atoms with Crippen LogP contribution < -0.4 is 0 Å². The average Bonchev–Trinajstić information content (AvgIpc) is 2.57. The van der Waals surface area contributed by atoms with Gasteiger partial charge in [-0.3, -0.25) is 0 Å². The van der Waals surface area contributed by atoms with E-state index in [-0.39, 0.29) is 16.9 Å². The fourth-order valence-electron chi connectivity index (χ4n) is 2.32. The van der Waals surface area contributed by atoms with Crippen molar-refractivity contribution < 1.29 is 29.6 Å². The van der Waals surface area contributed by atoms with Gasteiger partial charge in [-0.1, -0.05) is 30.3 Å². The molecule has 0 heterocycles. The molecule has 1 atom stereocenters. The number of carbonyl (C=O) groups is 2. The van der Waals surface area contributed by atoms with Gasteiger partial charge in [0.15, 0.2) is 0 Å². The molecule has 1 unspecified atom stereocenters. The molecule has 0 aliphatic carbocycles. The number of carboxylic acid groups (broad SMARTS) is 1. The van der Waals surface area contributed by atoms with E-state index in [1.165, 1.54) is 6.07 Å². The van der Waals surface area contributed by atoms with Gasteiger partial charge in [0, 0.05) is 0 Å². The van der Waals surface area contributed by atoms with Crippen LogP contribution in [-0.2, 0) is 4.74 Å². The monoisotopic (exact) mass is 330 g/mol. The lowest BCUT2D eigenvalue weighted by Crippen LogP contribution is -2.22. The number of carbonyl (C=O) groups excluding carboxylic acids is 1. The summed E-state index contributed by atoms with van der Waals surface area (Å²) in [6, 6.07) is 9.81. The second kappa shape index (κ2) is 7.14. The van der Waals surface area contributed by atoms with Gasteiger partial charge in [-0.15, -0.1) is 0 Å². The van der Waals surface area contributed by atoms with Gasteiger partial charge in [-0.25, -0.2) is 9.59 Å². The normalized spacial score (nSPS) is 11.8. The van der Waals surface area contributed by atoms with Crippen LogP contribution in [0.3, 0.4) is 0 Å². The summed E-state index contributed by atoms with van der Waals surface area (Å²) in [7, 11) is 0. The van der Waals surface area contributed by atoms with Gasteiger partial charge < -0.3 is 20.1 Å². The average molecular weight is 330 g/mol. The van der Waals surface area contributed by atoms with Crippen LogP contribution >= 0.6 is 0 Å². The predicted molar refractivity (Wildman–Crippen MR) is 88.2 cm³/mol. The molecule has 0 saturated heterocycles. The lowest BCUT2D eigenvalue weighted by molar-refractivity contribution is 0.0244. The zero-order valence-electron chi connectivity index (χ0n) is 13.3. The molecule has 6 heteroatoms. The molecule has 0 aromatic heterocycles. The third-order valence-electron chi connectivity index (χ3n) is 3.56.